The number of phenolic OH excluding ortho intramolecular Hbond substituents is 1. The summed E-state index contributed by atoms with van der Waals surface area (Å²) in [5.74, 6) is 0.963. The summed E-state index contributed by atoms with van der Waals surface area (Å²) in [5.41, 5.74) is 0.957. The van der Waals surface area contributed by atoms with Gasteiger partial charge in [-0.15, -0.1) is 23.5 Å². The second-order valence-electron chi connectivity index (χ2n) is 7.96. The minimum absolute atomic E-state index is 0.00126. The maximum Gasteiger partial charge on any atom is 0.303 e. The fourth-order valence-corrected chi connectivity index (χ4v) is 8.35. The molecule has 11 heteroatoms. The van der Waals surface area contributed by atoms with Crippen molar-refractivity contribution in [2.24, 2.45) is 0 Å². The summed E-state index contributed by atoms with van der Waals surface area (Å²) in [5, 5.41) is 27.2. The molecule has 0 bridgehead atoms. The molecule has 0 radical (unpaired) electrons. The van der Waals surface area contributed by atoms with Gasteiger partial charge in [0, 0.05) is 51.7 Å². The summed E-state index contributed by atoms with van der Waals surface area (Å²) in [6, 6.07) is 3.31. The predicted molar refractivity (Wildman–Crippen MR) is 143 cm³/mol. The molecule has 1 aromatic carbocycles. The van der Waals surface area contributed by atoms with Gasteiger partial charge in [-0.2, -0.15) is 0 Å². The van der Waals surface area contributed by atoms with Crippen LogP contribution in [0, 0.1) is 0 Å². The van der Waals surface area contributed by atoms with Crippen LogP contribution >= 0.6 is 23.5 Å². The second kappa shape index (κ2) is 16.9. The number of ketones is 1. The van der Waals surface area contributed by atoms with E-state index < -0.39 is 22.7 Å². The number of Topliss-reactive ketones (excluding diaryl/α,β-unsaturated/α-hetero) is 1. The Morgan fingerprint density at radius 2 is 1.86 bits per heavy atom. The number of benzene rings is 1. The zero-order valence-corrected chi connectivity index (χ0v) is 22.9. The Balaban J connectivity index is 0.00000111. The lowest BCUT2D eigenvalue weighted by Crippen LogP contribution is -2.17. The smallest absolute Gasteiger partial charge is 0.303 e. The highest BCUT2D eigenvalue weighted by Gasteiger charge is 2.27. The van der Waals surface area contributed by atoms with E-state index in [4.69, 9.17) is 14.9 Å². The lowest BCUT2D eigenvalue weighted by molar-refractivity contribution is -0.137. The number of carbonyl (C=O) groups excluding carboxylic acids is 1. The van der Waals surface area contributed by atoms with Crippen LogP contribution in [0.1, 0.15) is 68.8 Å². The van der Waals surface area contributed by atoms with Crippen LogP contribution in [0.4, 0.5) is 0 Å². The molecule has 198 valence electrons. The van der Waals surface area contributed by atoms with Gasteiger partial charge in [0.25, 0.3) is 0 Å². The Bertz CT molecular complexity index is 875. The minimum atomic E-state index is -0.943. The lowest BCUT2D eigenvalue weighted by Gasteiger charge is -2.15. The van der Waals surface area contributed by atoms with Crippen molar-refractivity contribution < 1.29 is 38.6 Å². The van der Waals surface area contributed by atoms with Crippen LogP contribution in [0.3, 0.4) is 0 Å². The van der Waals surface area contributed by atoms with Crippen LogP contribution in [-0.2, 0) is 26.8 Å². The predicted octanol–water partition coefficient (Wildman–Crippen LogP) is 4.59. The van der Waals surface area contributed by atoms with Gasteiger partial charge in [-0.1, -0.05) is 20.3 Å². The molecule has 2 rings (SSSR count). The third-order valence-electron chi connectivity index (χ3n) is 4.97. The molecular weight excluding hydrogens is 512 g/mol. The first-order chi connectivity index (χ1) is 16.6. The molecule has 1 aliphatic rings. The molecule has 0 aliphatic carbocycles. The number of ether oxygens (including phenoxy) is 1. The van der Waals surface area contributed by atoms with Crippen LogP contribution in [-0.4, -0.2) is 70.9 Å². The number of hydrogen-bond donors (Lipinski definition) is 3. The SMILES string of the molecule is CCC(=O)O.CCCc1c(OCCCS(=O)CC2CSC(CCC(=O)O)S2)ccc(C(C)=O)c1O. The highest BCUT2D eigenvalue weighted by molar-refractivity contribution is 8.20. The minimum Gasteiger partial charge on any atom is -0.507 e. The van der Waals surface area contributed by atoms with Gasteiger partial charge < -0.3 is 20.1 Å². The fraction of sp³-hybridized carbons (Fsp3) is 0.625. The van der Waals surface area contributed by atoms with Crippen molar-refractivity contribution in [3.8, 4) is 11.5 Å². The van der Waals surface area contributed by atoms with Crippen LogP contribution in [0.2, 0.25) is 0 Å². The van der Waals surface area contributed by atoms with E-state index in [0.29, 0.717) is 59.5 Å². The number of thioether (sulfide) groups is 2. The number of rotatable bonds is 14. The van der Waals surface area contributed by atoms with Crippen molar-refractivity contribution in [3.63, 3.8) is 0 Å². The molecule has 3 atom stereocenters. The molecule has 0 spiro atoms. The zero-order valence-electron chi connectivity index (χ0n) is 20.5. The molecule has 1 fully saturated rings. The molecule has 1 aromatic rings. The van der Waals surface area contributed by atoms with Crippen LogP contribution in [0.25, 0.3) is 0 Å². The van der Waals surface area contributed by atoms with Gasteiger partial charge in [-0.3, -0.25) is 18.6 Å². The third-order valence-corrected chi connectivity index (χ3v) is 10.1. The van der Waals surface area contributed by atoms with Crippen molar-refractivity contribution in [1.29, 1.82) is 0 Å². The molecule has 1 heterocycles. The second-order valence-corrected chi connectivity index (χ2v) is 12.6. The number of carbonyl (C=O) groups is 3. The number of phenols is 1. The van der Waals surface area contributed by atoms with E-state index in [1.807, 2.05) is 6.92 Å². The van der Waals surface area contributed by atoms with Gasteiger partial charge in [0.2, 0.25) is 0 Å². The Hall–Kier alpha value is -1.72. The standard InChI is InChI=1S/C21H30O6S3.C3H6O2/c1-3-5-17-18(7-6-16(14(2)22)21(17)25)27-10-4-11-30(26)13-15-12-28-20(29-15)9-8-19(23)24;1-2-3(4)5/h6-7,15,20,25H,3-5,8-13H2,1-2H3,(H,23,24);2H2,1H3,(H,4,5). The number of aliphatic carboxylic acids is 2. The van der Waals surface area contributed by atoms with E-state index in [1.165, 1.54) is 6.92 Å². The molecule has 0 aromatic heterocycles. The molecule has 8 nitrogen and oxygen atoms in total. The quantitative estimate of drug-likeness (QED) is 0.224. The van der Waals surface area contributed by atoms with Crippen molar-refractivity contribution in [3.05, 3.63) is 23.3 Å². The number of hydrogen-bond acceptors (Lipinski definition) is 8. The Morgan fingerprint density at radius 1 is 1.17 bits per heavy atom. The van der Waals surface area contributed by atoms with E-state index in [0.717, 1.165) is 12.2 Å². The first kappa shape index (κ1) is 31.3. The van der Waals surface area contributed by atoms with Gasteiger partial charge in [0.15, 0.2) is 5.78 Å². The van der Waals surface area contributed by atoms with Gasteiger partial charge in [0.1, 0.15) is 11.5 Å². The van der Waals surface area contributed by atoms with E-state index in [-0.39, 0.29) is 29.0 Å². The molecule has 3 N–H and O–H groups in total. The highest BCUT2D eigenvalue weighted by Crippen LogP contribution is 2.40. The summed E-state index contributed by atoms with van der Waals surface area (Å²) in [7, 11) is -0.943. The van der Waals surface area contributed by atoms with Crippen LogP contribution in [0.15, 0.2) is 12.1 Å². The van der Waals surface area contributed by atoms with Gasteiger partial charge in [-0.05, 0) is 38.3 Å². The first-order valence-corrected chi connectivity index (χ1v) is 15.1. The number of aromatic hydroxyl groups is 1. The van der Waals surface area contributed by atoms with Gasteiger partial charge >= 0.3 is 11.9 Å². The van der Waals surface area contributed by atoms with E-state index >= 15 is 0 Å². The molecule has 1 saturated heterocycles. The highest BCUT2D eigenvalue weighted by atomic mass is 32.2. The van der Waals surface area contributed by atoms with E-state index in [1.54, 1.807) is 42.6 Å². The zero-order chi connectivity index (χ0) is 26.4. The van der Waals surface area contributed by atoms with Crippen molar-refractivity contribution in [2.45, 2.75) is 69.1 Å². The molecule has 1 aliphatic heterocycles. The number of carboxylic acid groups (broad SMARTS) is 2. The Morgan fingerprint density at radius 3 is 2.43 bits per heavy atom. The summed E-state index contributed by atoms with van der Waals surface area (Å²) in [6.07, 6.45) is 3.13. The monoisotopic (exact) mass is 548 g/mol. The van der Waals surface area contributed by atoms with Crippen molar-refractivity contribution >= 4 is 52.0 Å². The van der Waals surface area contributed by atoms with E-state index in [9.17, 15) is 23.7 Å². The summed E-state index contributed by atoms with van der Waals surface area (Å²) >= 11 is 3.51. The van der Waals surface area contributed by atoms with Crippen LogP contribution in [0.5, 0.6) is 11.5 Å². The third kappa shape index (κ3) is 12.2. The topological polar surface area (TPSA) is 138 Å². The van der Waals surface area contributed by atoms with Gasteiger partial charge in [-0.25, -0.2) is 0 Å². The average molecular weight is 549 g/mol. The maximum atomic E-state index is 12.4. The Kier molecular flexibility index (Phi) is 15.1. The molecule has 3 unspecified atom stereocenters. The van der Waals surface area contributed by atoms with Gasteiger partial charge in [0.05, 0.1) is 16.8 Å². The van der Waals surface area contributed by atoms with Crippen LogP contribution < -0.4 is 4.74 Å². The van der Waals surface area contributed by atoms with E-state index in [2.05, 4.69) is 0 Å². The largest absolute Gasteiger partial charge is 0.507 e. The normalized spacial score (nSPS) is 17.8. The number of carboxylic acids is 2. The summed E-state index contributed by atoms with van der Waals surface area (Å²) < 4.78 is 18.5. The summed E-state index contributed by atoms with van der Waals surface area (Å²) in [4.78, 5) is 31.7. The Labute approximate surface area is 218 Å². The average Bonchev–Trinajstić information content (AvgIpc) is 3.24. The first-order valence-electron chi connectivity index (χ1n) is 11.6. The maximum absolute atomic E-state index is 12.4. The molecule has 0 amide bonds. The lowest BCUT2D eigenvalue weighted by atomic mass is 10.0. The molecular formula is C24H36O8S3. The summed E-state index contributed by atoms with van der Waals surface area (Å²) in [6.45, 7) is 5.42. The van der Waals surface area contributed by atoms with Crippen molar-refractivity contribution in [1.82, 2.24) is 0 Å². The fourth-order valence-electron chi connectivity index (χ4n) is 3.21. The molecule has 0 saturated carbocycles. The molecule has 35 heavy (non-hydrogen) atoms. The van der Waals surface area contributed by atoms with Crippen molar-refractivity contribution in [2.75, 3.05) is 23.9 Å².